The van der Waals surface area contributed by atoms with Gasteiger partial charge >= 0.3 is 0 Å². The van der Waals surface area contributed by atoms with Crippen molar-refractivity contribution in [3.63, 3.8) is 0 Å². The molecule has 5 N–H and O–H groups in total. The quantitative estimate of drug-likeness (QED) is 0.541. The summed E-state index contributed by atoms with van der Waals surface area (Å²) >= 11 is 0. The van der Waals surface area contributed by atoms with E-state index in [1.165, 1.54) is 0 Å². The molecule has 4 rings (SSSR count). The fraction of sp³-hybridized carbons (Fsp3) is 0.429. The number of phenolic OH excluding ortho intramolecular Hbond substituents is 1. The van der Waals surface area contributed by atoms with Gasteiger partial charge in [-0.05, 0) is 50.1 Å². The van der Waals surface area contributed by atoms with Gasteiger partial charge in [0.05, 0.1) is 5.69 Å². The molecule has 2 unspecified atom stereocenters. The summed E-state index contributed by atoms with van der Waals surface area (Å²) in [6.07, 6.45) is 2.08. The molecule has 0 spiro atoms. The standard InChI is InChI=1S/C21H27N5O2/c1-3-8-21(22)9-10-26(12-21)20(28)16-11-17(14-4-6-15(27)7-5-14)23-19-18(16)13(2)24-25-19/h4-7,11,20,27-28H,3,8-10,12,22H2,1-2H3,(H,23,24,25). The van der Waals surface area contributed by atoms with Crippen LogP contribution in [0.5, 0.6) is 5.75 Å². The summed E-state index contributed by atoms with van der Waals surface area (Å²) in [5, 5.41) is 28.9. The molecule has 7 nitrogen and oxygen atoms in total. The maximum Gasteiger partial charge on any atom is 0.182 e. The molecule has 7 heteroatoms. The summed E-state index contributed by atoms with van der Waals surface area (Å²) in [4.78, 5) is 6.68. The molecular formula is C21H27N5O2. The largest absolute Gasteiger partial charge is 0.508 e. The average molecular weight is 381 g/mol. The number of rotatable bonds is 5. The molecule has 3 aromatic rings. The normalized spacial score (nSPS) is 21.4. The third-order valence-electron chi connectivity index (χ3n) is 5.69. The lowest BCUT2D eigenvalue weighted by Gasteiger charge is -2.27. The third kappa shape index (κ3) is 3.37. The number of aromatic nitrogens is 3. The van der Waals surface area contributed by atoms with Gasteiger partial charge in [0.2, 0.25) is 0 Å². The summed E-state index contributed by atoms with van der Waals surface area (Å²) in [5.41, 5.74) is 10.1. The maximum atomic E-state index is 11.2. The van der Waals surface area contributed by atoms with Crippen molar-refractivity contribution in [2.75, 3.05) is 13.1 Å². The van der Waals surface area contributed by atoms with Gasteiger partial charge in [0.1, 0.15) is 12.0 Å². The first-order valence-electron chi connectivity index (χ1n) is 9.76. The van der Waals surface area contributed by atoms with Crippen molar-refractivity contribution >= 4 is 11.0 Å². The summed E-state index contributed by atoms with van der Waals surface area (Å²) in [6, 6.07) is 8.78. The predicted octanol–water partition coefficient (Wildman–Crippen LogP) is 2.83. The number of aromatic hydroxyl groups is 1. The van der Waals surface area contributed by atoms with Gasteiger partial charge in [-0.25, -0.2) is 4.98 Å². The van der Waals surface area contributed by atoms with Gasteiger partial charge in [-0.3, -0.25) is 10.00 Å². The van der Waals surface area contributed by atoms with E-state index in [-0.39, 0.29) is 11.3 Å². The Labute approximate surface area is 164 Å². The van der Waals surface area contributed by atoms with Crippen LogP contribution in [0.3, 0.4) is 0 Å². The van der Waals surface area contributed by atoms with Crippen molar-refractivity contribution in [2.24, 2.45) is 5.73 Å². The van der Waals surface area contributed by atoms with Crippen LogP contribution in [-0.2, 0) is 0 Å². The molecular weight excluding hydrogens is 354 g/mol. The molecule has 0 amide bonds. The van der Waals surface area contributed by atoms with Crippen LogP contribution in [0.2, 0.25) is 0 Å². The minimum atomic E-state index is -0.778. The first kappa shape index (κ1) is 18.9. The van der Waals surface area contributed by atoms with Crippen LogP contribution < -0.4 is 5.73 Å². The third-order valence-corrected chi connectivity index (χ3v) is 5.69. The van der Waals surface area contributed by atoms with Crippen LogP contribution in [0, 0.1) is 6.92 Å². The van der Waals surface area contributed by atoms with Crippen LogP contribution in [0.25, 0.3) is 22.3 Å². The zero-order valence-corrected chi connectivity index (χ0v) is 16.3. The Bertz CT molecular complexity index is 984. The number of hydrogen-bond donors (Lipinski definition) is 4. The van der Waals surface area contributed by atoms with Crippen molar-refractivity contribution in [3.05, 3.63) is 41.6 Å². The first-order chi connectivity index (χ1) is 13.4. The van der Waals surface area contributed by atoms with E-state index < -0.39 is 6.23 Å². The smallest absolute Gasteiger partial charge is 0.182 e. The molecule has 0 radical (unpaired) electrons. The van der Waals surface area contributed by atoms with Crippen molar-refractivity contribution in [2.45, 2.75) is 44.9 Å². The van der Waals surface area contributed by atoms with E-state index in [4.69, 9.17) is 5.73 Å². The van der Waals surface area contributed by atoms with Crippen LogP contribution >= 0.6 is 0 Å². The van der Waals surface area contributed by atoms with Gasteiger partial charge in [-0.1, -0.05) is 13.3 Å². The second-order valence-electron chi connectivity index (χ2n) is 7.90. The number of benzene rings is 1. The Balaban J connectivity index is 1.75. The molecule has 0 bridgehead atoms. The summed E-state index contributed by atoms with van der Waals surface area (Å²) in [6.45, 7) is 5.49. The number of aliphatic hydroxyl groups is 1. The van der Waals surface area contributed by atoms with Crippen molar-refractivity contribution < 1.29 is 10.2 Å². The Morgan fingerprint density at radius 1 is 1.32 bits per heavy atom. The highest BCUT2D eigenvalue weighted by Gasteiger charge is 2.37. The highest BCUT2D eigenvalue weighted by Crippen LogP contribution is 2.35. The minimum Gasteiger partial charge on any atom is -0.508 e. The van der Waals surface area contributed by atoms with Crippen LogP contribution in [0.15, 0.2) is 30.3 Å². The summed E-state index contributed by atoms with van der Waals surface area (Å²) < 4.78 is 0. The number of pyridine rings is 1. The zero-order valence-electron chi connectivity index (χ0n) is 16.3. The monoisotopic (exact) mass is 381 g/mol. The number of nitrogens with one attached hydrogen (secondary N) is 1. The van der Waals surface area contributed by atoms with Gasteiger partial charge < -0.3 is 15.9 Å². The van der Waals surface area contributed by atoms with Gasteiger partial charge in [0.25, 0.3) is 0 Å². The molecule has 1 aliphatic heterocycles. The topological polar surface area (TPSA) is 111 Å². The molecule has 3 heterocycles. The zero-order chi connectivity index (χ0) is 19.9. The minimum absolute atomic E-state index is 0.202. The van der Waals surface area contributed by atoms with E-state index >= 15 is 0 Å². The Hall–Kier alpha value is -2.48. The van der Waals surface area contributed by atoms with Crippen LogP contribution in [-0.4, -0.2) is 48.9 Å². The molecule has 2 atom stereocenters. The van der Waals surface area contributed by atoms with Crippen LogP contribution in [0.1, 0.15) is 43.7 Å². The van der Waals surface area contributed by atoms with Gasteiger partial charge in [0.15, 0.2) is 5.65 Å². The number of aryl methyl sites for hydroxylation is 1. The summed E-state index contributed by atoms with van der Waals surface area (Å²) in [7, 11) is 0. The molecule has 1 aliphatic rings. The molecule has 28 heavy (non-hydrogen) atoms. The Morgan fingerprint density at radius 2 is 2.07 bits per heavy atom. The number of H-pyrrole nitrogens is 1. The highest BCUT2D eigenvalue weighted by atomic mass is 16.3. The SMILES string of the molecule is CCCC1(N)CCN(C(O)c2cc(-c3ccc(O)cc3)nc3n[nH]c(C)c23)C1. The molecule has 0 saturated carbocycles. The van der Waals surface area contributed by atoms with Gasteiger partial charge in [0, 0.05) is 40.8 Å². The van der Waals surface area contributed by atoms with E-state index in [0.717, 1.165) is 48.0 Å². The second kappa shape index (κ2) is 7.16. The molecule has 0 aliphatic carbocycles. The van der Waals surface area contributed by atoms with E-state index in [0.29, 0.717) is 17.9 Å². The highest BCUT2D eigenvalue weighted by molar-refractivity contribution is 5.85. The number of fused-ring (bicyclic) bond motifs is 1. The van der Waals surface area contributed by atoms with Crippen molar-refractivity contribution in [1.82, 2.24) is 20.1 Å². The molecule has 1 saturated heterocycles. The number of aliphatic hydroxyl groups excluding tert-OH is 1. The van der Waals surface area contributed by atoms with E-state index in [1.807, 2.05) is 17.9 Å². The fourth-order valence-electron chi connectivity index (χ4n) is 4.23. The number of hydrogen-bond acceptors (Lipinski definition) is 6. The number of phenols is 1. The Morgan fingerprint density at radius 3 is 2.79 bits per heavy atom. The number of likely N-dealkylation sites (tertiary alicyclic amines) is 1. The van der Waals surface area contributed by atoms with E-state index in [1.54, 1.807) is 24.3 Å². The molecule has 1 aromatic carbocycles. The maximum absolute atomic E-state index is 11.2. The summed E-state index contributed by atoms with van der Waals surface area (Å²) in [5.74, 6) is 0.202. The first-order valence-corrected chi connectivity index (χ1v) is 9.76. The lowest BCUT2D eigenvalue weighted by molar-refractivity contribution is 0.0158. The average Bonchev–Trinajstić information content (AvgIpc) is 3.25. The number of nitrogens with zero attached hydrogens (tertiary/aromatic N) is 3. The van der Waals surface area contributed by atoms with E-state index in [2.05, 4.69) is 22.1 Å². The fourth-order valence-corrected chi connectivity index (χ4v) is 4.23. The van der Waals surface area contributed by atoms with E-state index in [9.17, 15) is 10.2 Å². The van der Waals surface area contributed by atoms with Crippen molar-refractivity contribution in [1.29, 1.82) is 0 Å². The number of aromatic amines is 1. The molecule has 2 aromatic heterocycles. The molecule has 1 fully saturated rings. The van der Waals surface area contributed by atoms with Crippen LogP contribution in [0.4, 0.5) is 0 Å². The second-order valence-corrected chi connectivity index (χ2v) is 7.90. The lowest BCUT2D eigenvalue weighted by Crippen LogP contribution is -2.43. The molecule has 148 valence electrons. The van der Waals surface area contributed by atoms with Gasteiger partial charge in [-0.2, -0.15) is 5.10 Å². The predicted molar refractivity (Wildman–Crippen MR) is 109 cm³/mol. The lowest BCUT2D eigenvalue weighted by atomic mass is 9.94. The van der Waals surface area contributed by atoms with Crippen molar-refractivity contribution in [3.8, 4) is 17.0 Å². The Kier molecular flexibility index (Phi) is 4.82. The van der Waals surface area contributed by atoms with Gasteiger partial charge in [-0.15, -0.1) is 0 Å². The number of nitrogens with two attached hydrogens (primary N) is 1.